The Morgan fingerprint density at radius 2 is 2.17 bits per heavy atom. The highest BCUT2D eigenvalue weighted by molar-refractivity contribution is 7.99. The number of aromatic amines is 1. The third-order valence-electron chi connectivity index (χ3n) is 4.36. The van der Waals surface area contributed by atoms with Crippen LogP contribution in [0.15, 0.2) is 16.0 Å². The molecular formula is C17H24N4O2S. The quantitative estimate of drug-likeness (QED) is 0.643. The summed E-state index contributed by atoms with van der Waals surface area (Å²) in [6.45, 7) is 5.81. The average molecular weight is 348 g/mol. The summed E-state index contributed by atoms with van der Waals surface area (Å²) in [5.74, 6) is 0.298. The Labute approximate surface area is 145 Å². The molecule has 24 heavy (non-hydrogen) atoms. The van der Waals surface area contributed by atoms with Gasteiger partial charge >= 0.3 is 0 Å². The van der Waals surface area contributed by atoms with E-state index in [2.05, 4.69) is 15.3 Å². The molecule has 0 atom stereocenters. The number of thioether (sulfide) groups is 1. The molecule has 2 aromatic heterocycles. The average Bonchev–Trinajstić information content (AvgIpc) is 3.13. The van der Waals surface area contributed by atoms with Crippen molar-refractivity contribution in [2.45, 2.75) is 63.7 Å². The topological polar surface area (TPSA) is 79.8 Å². The maximum Gasteiger partial charge on any atom is 0.278 e. The normalized spacial score (nSPS) is 15.5. The largest absolute Gasteiger partial charge is 0.353 e. The lowest BCUT2D eigenvalue weighted by Crippen LogP contribution is -2.34. The fraction of sp³-hybridized carbons (Fsp3) is 0.588. The molecule has 0 bridgehead atoms. The molecule has 1 aliphatic rings. The van der Waals surface area contributed by atoms with Gasteiger partial charge in [-0.3, -0.25) is 14.2 Å². The Balaban J connectivity index is 1.81. The van der Waals surface area contributed by atoms with Crippen molar-refractivity contribution >= 4 is 28.7 Å². The van der Waals surface area contributed by atoms with Crippen LogP contribution in [0.2, 0.25) is 0 Å². The molecule has 0 aliphatic heterocycles. The second-order valence-corrected chi connectivity index (χ2v) is 7.66. The molecule has 6 nitrogen and oxygen atoms in total. The van der Waals surface area contributed by atoms with Gasteiger partial charge in [0.2, 0.25) is 5.91 Å². The van der Waals surface area contributed by atoms with Crippen molar-refractivity contribution in [3.05, 3.63) is 22.1 Å². The van der Waals surface area contributed by atoms with Crippen LogP contribution in [0.25, 0.3) is 11.0 Å². The highest BCUT2D eigenvalue weighted by atomic mass is 32.2. The van der Waals surface area contributed by atoms with E-state index in [0.29, 0.717) is 22.2 Å². The van der Waals surface area contributed by atoms with Crippen LogP contribution in [-0.4, -0.2) is 32.2 Å². The SMILES string of the molecule is Cc1cc2nc(SCC(=O)NC3CCCC3)n(C(C)C)c(=O)c2[nH]1. The molecule has 3 rings (SSSR count). The number of hydrogen-bond acceptors (Lipinski definition) is 4. The summed E-state index contributed by atoms with van der Waals surface area (Å²) in [5.41, 5.74) is 2.02. The molecule has 0 radical (unpaired) electrons. The van der Waals surface area contributed by atoms with Crippen LogP contribution < -0.4 is 10.9 Å². The first-order chi connectivity index (χ1) is 11.5. The molecule has 130 valence electrons. The number of carbonyl (C=O) groups is 1. The molecule has 1 saturated carbocycles. The minimum Gasteiger partial charge on any atom is -0.353 e. The van der Waals surface area contributed by atoms with E-state index in [0.717, 1.165) is 18.5 Å². The minimum atomic E-state index is -0.0817. The van der Waals surface area contributed by atoms with Crippen LogP contribution in [-0.2, 0) is 4.79 Å². The van der Waals surface area contributed by atoms with Crippen LogP contribution in [0.4, 0.5) is 0 Å². The summed E-state index contributed by atoms with van der Waals surface area (Å²) in [6.07, 6.45) is 4.52. The predicted octanol–water partition coefficient (Wildman–Crippen LogP) is 2.76. The molecule has 2 N–H and O–H groups in total. The first kappa shape index (κ1) is 17.1. The molecule has 2 aromatic rings. The number of nitrogens with one attached hydrogen (secondary N) is 2. The summed E-state index contributed by atoms with van der Waals surface area (Å²) in [5, 5.41) is 3.67. The number of hydrogen-bond donors (Lipinski definition) is 2. The van der Waals surface area contributed by atoms with Gasteiger partial charge in [0.25, 0.3) is 5.56 Å². The Morgan fingerprint density at radius 3 is 2.83 bits per heavy atom. The van der Waals surface area contributed by atoms with Gasteiger partial charge in [0.05, 0.1) is 11.3 Å². The van der Waals surface area contributed by atoms with Gasteiger partial charge in [-0.05, 0) is 39.7 Å². The van der Waals surface area contributed by atoms with Gasteiger partial charge in [0.15, 0.2) is 5.16 Å². The van der Waals surface area contributed by atoms with Crippen molar-refractivity contribution in [3.8, 4) is 0 Å². The predicted molar refractivity (Wildman–Crippen MR) is 96.6 cm³/mol. The second-order valence-electron chi connectivity index (χ2n) is 6.71. The molecule has 7 heteroatoms. The Hall–Kier alpha value is -1.76. The number of fused-ring (bicyclic) bond motifs is 1. The van der Waals surface area contributed by atoms with Crippen molar-refractivity contribution in [1.82, 2.24) is 19.9 Å². The van der Waals surface area contributed by atoms with E-state index in [-0.39, 0.29) is 23.3 Å². The van der Waals surface area contributed by atoms with Crippen molar-refractivity contribution in [3.63, 3.8) is 0 Å². The number of H-pyrrole nitrogens is 1. The van der Waals surface area contributed by atoms with Crippen molar-refractivity contribution in [2.75, 3.05) is 5.75 Å². The van der Waals surface area contributed by atoms with E-state index < -0.39 is 0 Å². The zero-order valence-electron chi connectivity index (χ0n) is 14.4. The first-order valence-electron chi connectivity index (χ1n) is 8.49. The van der Waals surface area contributed by atoms with Crippen LogP contribution in [0.5, 0.6) is 0 Å². The van der Waals surface area contributed by atoms with E-state index >= 15 is 0 Å². The van der Waals surface area contributed by atoms with E-state index in [9.17, 15) is 9.59 Å². The Bertz CT molecular complexity index is 803. The summed E-state index contributed by atoms with van der Waals surface area (Å²) >= 11 is 1.33. The molecule has 0 aromatic carbocycles. The third kappa shape index (κ3) is 3.50. The van der Waals surface area contributed by atoms with E-state index in [1.165, 1.54) is 24.6 Å². The fourth-order valence-electron chi connectivity index (χ4n) is 3.22. The summed E-state index contributed by atoms with van der Waals surface area (Å²) in [7, 11) is 0. The number of carbonyl (C=O) groups excluding carboxylic acids is 1. The summed E-state index contributed by atoms with van der Waals surface area (Å²) < 4.78 is 1.66. The summed E-state index contributed by atoms with van der Waals surface area (Å²) in [6, 6.07) is 2.16. The fourth-order valence-corrected chi connectivity index (χ4v) is 4.16. The molecule has 1 fully saturated rings. The number of aryl methyl sites for hydroxylation is 1. The third-order valence-corrected chi connectivity index (χ3v) is 5.31. The molecule has 0 spiro atoms. The van der Waals surface area contributed by atoms with E-state index in [4.69, 9.17) is 0 Å². The standard InChI is InChI=1S/C17H24N4O2S/c1-10(2)21-16(23)15-13(8-11(3)18-15)20-17(21)24-9-14(22)19-12-6-4-5-7-12/h8,10,12,18H,4-7,9H2,1-3H3,(H,19,22). The number of amides is 1. The van der Waals surface area contributed by atoms with Gasteiger partial charge in [-0.25, -0.2) is 4.98 Å². The maximum atomic E-state index is 12.7. The van der Waals surface area contributed by atoms with Crippen molar-refractivity contribution < 1.29 is 4.79 Å². The smallest absolute Gasteiger partial charge is 0.278 e. The Morgan fingerprint density at radius 1 is 1.46 bits per heavy atom. The first-order valence-corrected chi connectivity index (χ1v) is 9.48. The molecule has 1 amide bonds. The lowest BCUT2D eigenvalue weighted by atomic mass is 10.2. The number of nitrogens with zero attached hydrogens (tertiary/aromatic N) is 2. The van der Waals surface area contributed by atoms with Gasteiger partial charge in [-0.15, -0.1) is 0 Å². The molecule has 0 unspecified atom stereocenters. The lowest BCUT2D eigenvalue weighted by molar-refractivity contribution is -0.119. The summed E-state index contributed by atoms with van der Waals surface area (Å²) in [4.78, 5) is 32.5. The highest BCUT2D eigenvalue weighted by Crippen LogP contribution is 2.22. The monoisotopic (exact) mass is 348 g/mol. The van der Waals surface area contributed by atoms with Gasteiger partial charge in [0.1, 0.15) is 5.52 Å². The van der Waals surface area contributed by atoms with Crippen LogP contribution in [0, 0.1) is 6.92 Å². The maximum absolute atomic E-state index is 12.7. The van der Waals surface area contributed by atoms with E-state index in [1.54, 1.807) is 4.57 Å². The number of aromatic nitrogens is 3. The highest BCUT2D eigenvalue weighted by Gasteiger charge is 2.19. The Kier molecular flexibility index (Phi) is 4.99. The molecule has 0 saturated heterocycles. The van der Waals surface area contributed by atoms with Gasteiger partial charge < -0.3 is 10.3 Å². The van der Waals surface area contributed by atoms with Crippen molar-refractivity contribution in [2.24, 2.45) is 0 Å². The van der Waals surface area contributed by atoms with Crippen LogP contribution >= 0.6 is 11.8 Å². The zero-order chi connectivity index (χ0) is 17.3. The van der Waals surface area contributed by atoms with Crippen LogP contribution in [0.1, 0.15) is 51.3 Å². The van der Waals surface area contributed by atoms with Crippen molar-refractivity contribution in [1.29, 1.82) is 0 Å². The molecular weight excluding hydrogens is 324 g/mol. The second kappa shape index (κ2) is 7.01. The zero-order valence-corrected chi connectivity index (χ0v) is 15.2. The van der Waals surface area contributed by atoms with Gasteiger partial charge in [0, 0.05) is 17.8 Å². The molecule has 2 heterocycles. The van der Waals surface area contributed by atoms with Gasteiger partial charge in [-0.1, -0.05) is 24.6 Å². The van der Waals surface area contributed by atoms with E-state index in [1.807, 2.05) is 26.8 Å². The lowest BCUT2D eigenvalue weighted by Gasteiger charge is -2.16. The van der Waals surface area contributed by atoms with Crippen LogP contribution in [0.3, 0.4) is 0 Å². The minimum absolute atomic E-state index is 0.0154. The molecule has 1 aliphatic carbocycles. The van der Waals surface area contributed by atoms with Gasteiger partial charge in [-0.2, -0.15) is 0 Å². The number of rotatable bonds is 5.